The van der Waals surface area contributed by atoms with Crippen LogP contribution in [0.4, 0.5) is 0 Å². The molecule has 0 amide bonds. The van der Waals surface area contributed by atoms with Crippen molar-refractivity contribution in [3.63, 3.8) is 0 Å². The second kappa shape index (κ2) is 7.04. The van der Waals surface area contributed by atoms with Gasteiger partial charge in [-0.3, -0.25) is 4.79 Å². The molecule has 0 spiro atoms. The minimum atomic E-state index is -0.786. The van der Waals surface area contributed by atoms with Crippen molar-refractivity contribution in [3.05, 3.63) is 35.4 Å². The van der Waals surface area contributed by atoms with Gasteiger partial charge in [-0.05, 0) is 25.5 Å². The fourth-order valence-corrected chi connectivity index (χ4v) is 1.51. The van der Waals surface area contributed by atoms with Crippen molar-refractivity contribution >= 4 is 5.97 Å². The highest BCUT2D eigenvalue weighted by molar-refractivity contribution is 5.66. The molecule has 4 nitrogen and oxygen atoms in total. The standard InChI is InChI=1S/C13H19NO3/c1-10-4-6-11(7-5-10)12(15)9-14-8-2-3-13(16)17/h4-7,12,14-15H,2-3,8-9H2,1H3,(H,16,17). The zero-order chi connectivity index (χ0) is 12.7. The molecule has 1 aromatic carbocycles. The summed E-state index contributed by atoms with van der Waals surface area (Å²) in [6.07, 6.45) is 0.198. The van der Waals surface area contributed by atoms with Crippen LogP contribution in [0.2, 0.25) is 0 Å². The third kappa shape index (κ3) is 5.47. The normalized spacial score (nSPS) is 12.4. The second-order valence-electron chi connectivity index (χ2n) is 4.13. The second-order valence-corrected chi connectivity index (χ2v) is 4.13. The number of aliphatic hydroxyl groups excluding tert-OH is 1. The van der Waals surface area contributed by atoms with Crippen molar-refractivity contribution < 1.29 is 15.0 Å². The molecular formula is C13H19NO3. The molecule has 0 fully saturated rings. The van der Waals surface area contributed by atoms with Gasteiger partial charge in [-0.2, -0.15) is 0 Å². The summed E-state index contributed by atoms with van der Waals surface area (Å²) in [7, 11) is 0. The number of carboxylic acid groups (broad SMARTS) is 1. The maximum absolute atomic E-state index is 10.3. The Kier molecular flexibility index (Phi) is 5.66. The first-order chi connectivity index (χ1) is 8.09. The summed E-state index contributed by atoms with van der Waals surface area (Å²) in [4.78, 5) is 10.3. The number of aliphatic hydroxyl groups is 1. The van der Waals surface area contributed by atoms with Gasteiger partial charge in [0.2, 0.25) is 0 Å². The molecule has 1 rings (SSSR count). The van der Waals surface area contributed by atoms with Crippen LogP contribution in [-0.2, 0) is 4.79 Å². The number of hydrogen-bond acceptors (Lipinski definition) is 3. The molecule has 0 aliphatic rings. The van der Waals surface area contributed by atoms with Crippen molar-refractivity contribution in [3.8, 4) is 0 Å². The van der Waals surface area contributed by atoms with Gasteiger partial charge < -0.3 is 15.5 Å². The summed E-state index contributed by atoms with van der Waals surface area (Å²) in [5.41, 5.74) is 2.04. The van der Waals surface area contributed by atoms with E-state index in [0.717, 1.165) is 11.1 Å². The Morgan fingerprint density at radius 3 is 2.59 bits per heavy atom. The number of carbonyl (C=O) groups is 1. The van der Waals surface area contributed by atoms with Crippen LogP contribution in [0.15, 0.2) is 24.3 Å². The summed E-state index contributed by atoms with van der Waals surface area (Å²) in [6.45, 7) is 3.05. The minimum Gasteiger partial charge on any atom is -0.481 e. The number of hydrogen-bond donors (Lipinski definition) is 3. The zero-order valence-corrected chi connectivity index (χ0v) is 10.0. The molecule has 0 heterocycles. The lowest BCUT2D eigenvalue weighted by Gasteiger charge is -2.12. The molecular weight excluding hydrogens is 218 g/mol. The van der Waals surface area contributed by atoms with E-state index in [1.807, 2.05) is 31.2 Å². The Labute approximate surface area is 101 Å². The Morgan fingerprint density at radius 2 is 2.00 bits per heavy atom. The Morgan fingerprint density at radius 1 is 1.35 bits per heavy atom. The predicted molar refractivity (Wildman–Crippen MR) is 65.9 cm³/mol. The lowest BCUT2D eigenvalue weighted by atomic mass is 10.1. The zero-order valence-electron chi connectivity index (χ0n) is 10.0. The van der Waals surface area contributed by atoms with Gasteiger partial charge in [0.15, 0.2) is 0 Å². The lowest BCUT2D eigenvalue weighted by Crippen LogP contribution is -2.23. The third-order valence-electron chi connectivity index (χ3n) is 2.54. The number of carboxylic acids is 1. The van der Waals surface area contributed by atoms with E-state index >= 15 is 0 Å². The molecule has 94 valence electrons. The van der Waals surface area contributed by atoms with Crippen LogP contribution in [0, 0.1) is 6.92 Å². The van der Waals surface area contributed by atoms with Crippen molar-refractivity contribution in [1.29, 1.82) is 0 Å². The van der Waals surface area contributed by atoms with Crippen molar-refractivity contribution in [1.82, 2.24) is 5.32 Å². The van der Waals surface area contributed by atoms with Crippen molar-refractivity contribution in [2.45, 2.75) is 25.9 Å². The predicted octanol–water partition coefficient (Wildman–Crippen LogP) is 1.48. The quantitative estimate of drug-likeness (QED) is 0.628. The fraction of sp³-hybridized carbons (Fsp3) is 0.462. The van der Waals surface area contributed by atoms with E-state index in [4.69, 9.17) is 5.11 Å². The highest BCUT2D eigenvalue weighted by Crippen LogP contribution is 2.12. The average molecular weight is 237 g/mol. The van der Waals surface area contributed by atoms with Crippen molar-refractivity contribution in [2.24, 2.45) is 0 Å². The fourth-order valence-electron chi connectivity index (χ4n) is 1.51. The number of rotatable bonds is 7. The molecule has 3 N–H and O–H groups in total. The highest BCUT2D eigenvalue weighted by Gasteiger charge is 2.06. The molecule has 17 heavy (non-hydrogen) atoms. The van der Waals surface area contributed by atoms with Crippen LogP contribution >= 0.6 is 0 Å². The van der Waals surface area contributed by atoms with E-state index in [1.165, 1.54) is 0 Å². The number of nitrogens with one attached hydrogen (secondary N) is 1. The van der Waals surface area contributed by atoms with Crippen LogP contribution in [0.3, 0.4) is 0 Å². The van der Waals surface area contributed by atoms with Gasteiger partial charge in [0.05, 0.1) is 6.10 Å². The van der Waals surface area contributed by atoms with Crippen LogP contribution in [-0.4, -0.2) is 29.3 Å². The summed E-state index contributed by atoms with van der Waals surface area (Å²) in [6, 6.07) is 7.73. The van der Waals surface area contributed by atoms with Crippen LogP contribution < -0.4 is 5.32 Å². The third-order valence-corrected chi connectivity index (χ3v) is 2.54. The van der Waals surface area contributed by atoms with Crippen LogP contribution in [0.25, 0.3) is 0 Å². The van der Waals surface area contributed by atoms with E-state index in [0.29, 0.717) is 19.5 Å². The molecule has 0 aliphatic heterocycles. The minimum absolute atomic E-state index is 0.160. The van der Waals surface area contributed by atoms with Gasteiger partial charge in [-0.25, -0.2) is 0 Å². The maximum Gasteiger partial charge on any atom is 0.303 e. The molecule has 0 aliphatic carbocycles. The largest absolute Gasteiger partial charge is 0.481 e. The summed E-state index contributed by atoms with van der Waals surface area (Å²) >= 11 is 0. The topological polar surface area (TPSA) is 69.6 Å². The first-order valence-corrected chi connectivity index (χ1v) is 5.76. The molecule has 0 saturated heterocycles. The Hall–Kier alpha value is -1.39. The van der Waals surface area contributed by atoms with E-state index in [9.17, 15) is 9.90 Å². The van der Waals surface area contributed by atoms with Crippen molar-refractivity contribution in [2.75, 3.05) is 13.1 Å². The molecule has 1 aromatic rings. The first-order valence-electron chi connectivity index (χ1n) is 5.76. The van der Waals surface area contributed by atoms with Gasteiger partial charge in [0.1, 0.15) is 0 Å². The molecule has 4 heteroatoms. The van der Waals surface area contributed by atoms with Crippen LogP contribution in [0.1, 0.15) is 30.1 Å². The number of aliphatic carboxylic acids is 1. The number of aryl methyl sites for hydroxylation is 1. The highest BCUT2D eigenvalue weighted by atomic mass is 16.4. The molecule has 1 atom stereocenters. The SMILES string of the molecule is Cc1ccc(C(O)CNCCCC(=O)O)cc1. The Balaban J connectivity index is 2.23. The van der Waals surface area contributed by atoms with E-state index in [-0.39, 0.29) is 6.42 Å². The van der Waals surface area contributed by atoms with Gasteiger partial charge >= 0.3 is 5.97 Å². The van der Waals surface area contributed by atoms with Crippen LogP contribution in [0.5, 0.6) is 0 Å². The summed E-state index contributed by atoms with van der Waals surface area (Å²) < 4.78 is 0. The Bertz CT molecular complexity index is 348. The molecule has 0 bridgehead atoms. The van der Waals surface area contributed by atoms with Gasteiger partial charge in [0.25, 0.3) is 0 Å². The van der Waals surface area contributed by atoms with E-state index in [2.05, 4.69) is 5.32 Å². The first kappa shape index (κ1) is 13.7. The monoisotopic (exact) mass is 237 g/mol. The molecule has 0 radical (unpaired) electrons. The average Bonchev–Trinajstić information content (AvgIpc) is 2.29. The summed E-state index contributed by atoms with van der Waals surface area (Å²) in [5.74, 6) is -0.786. The molecule has 0 saturated carbocycles. The van der Waals surface area contributed by atoms with E-state index in [1.54, 1.807) is 0 Å². The van der Waals surface area contributed by atoms with E-state index < -0.39 is 12.1 Å². The lowest BCUT2D eigenvalue weighted by molar-refractivity contribution is -0.137. The smallest absolute Gasteiger partial charge is 0.303 e. The maximum atomic E-state index is 10.3. The van der Waals surface area contributed by atoms with Gasteiger partial charge in [-0.1, -0.05) is 29.8 Å². The van der Waals surface area contributed by atoms with Gasteiger partial charge in [-0.15, -0.1) is 0 Å². The number of benzene rings is 1. The summed E-state index contributed by atoms with van der Waals surface area (Å²) in [5, 5.41) is 21.3. The molecule has 1 unspecified atom stereocenters. The van der Waals surface area contributed by atoms with Gasteiger partial charge in [0, 0.05) is 13.0 Å². The molecule has 0 aromatic heterocycles.